The Balaban J connectivity index is 1.69. The molecule has 1 spiro atoms. The lowest BCUT2D eigenvalue weighted by Gasteiger charge is -2.41. The summed E-state index contributed by atoms with van der Waals surface area (Å²) in [6.07, 6.45) is -0.124. The summed E-state index contributed by atoms with van der Waals surface area (Å²) in [5.41, 5.74) is 1.18. The minimum Gasteiger partial charge on any atom is -0.588 e. The summed E-state index contributed by atoms with van der Waals surface area (Å²) in [4.78, 5) is 48.0. The Morgan fingerprint density at radius 3 is 2.27 bits per heavy atom. The molecule has 3 aromatic rings. The first kappa shape index (κ1) is 33.6. The molecule has 0 radical (unpaired) electrons. The van der Waals surface area contributed by atoms with E-state index in [9.17, 15) is 23.1 Å². The van der Waals surface area contributed by atoms with Crippen molar-refractivity contribution in [2.45, 2.75) is 56.1 Å². The maximum Gasteiger partial charge on any atom is 0.357 e. The molecule has 0 N–H and O–H groups in total. The van der Waals surface area contributed by atoms with Gasteiger partial charge in [0.05, 0.1) is 37.4 Å². The van der Waals surface area contributed by atoms with E-state index in [1.54, 1.807) is 26.0 Å². The van der Waals surface area contributed by atoms with E-state index >= 15 is 0 Å². The molecule has 0 aromatic heterocycles. The molecule has 48 heavy (non-hydrogen) atoms. The third-order valence-corrected chi connectivity index (χ3v) is 11.2. The number of hydrogen-bond donors (Lipinski definition) is 0. The molecule has 3 aliphatic heterocycles. The largest absolute Gasteiger partial charge is 0.588 e. The van der Waals surface area contributed by atoms with Crippen molar-refractivity contribution in [1.29, 1.82) is 0 Å². The predicted molar refractivity (Wildman–Crippen MR) is 180 cm³/mol. The van der Waals surface area contributed by atoms with Crippen molar-refractivity contribution in [1.82, 2.24) is 4.31 Å². The van der Waals surface area contributed by atoms with Crippen molar-refractivity contribution in [3.63, 3.8) is 0 Å². The first-order valence-electron chi connectivity index (χ1n) is 15.5. The highest BCUT2D eigenvalue weighted by Crippen LogP contribution is 2.59. The molecule has 0 saturated carbocycles. The molecule has 3 heterocycles. The van der Waals surface area contributed by atoms with Gasteiger partial charge in [-0.05, 0) is 62.2 Å². The van der Waals surface area contributed by atoms with Gasteiger partial charge in [0.25, 0.3) is 0 Å². The van der Waals surface area contributed by atoms with Crippen LogP contribution in [-0.4, -0.2) is 65.0 Å². The Kier molecular flexibility index (Phi) is 9.05. The van der Waals surface area contributed by atoms with Gasteiger partial charge in [-0.3, -0.25) is 0 Å². The lowest BCUT2D eigenvalue weighted by Crippen LogP contribution is -2.56. The average molecular weight is 737 g/mol. The average Bonchev–Trinajstić information content (AvgIpc) is 3.57. The number of benzene rings is 3. The fourth-order valence-electron chi connectivity index (χ4n) is 6.94. The number of fused-ring (bicyclic) bond motifs is 1. The van der Waals surface area contributed by atoms with Crippen LogP contribution in [0.4, 0.5) is 5.69 Å². The second-order valence-electron chi connectivity index (χ2n) is 11.6. The molecule has 3 aliphatic rings. The second kappa shape index (κ2) is 12.9. The molecule has 2 unspecified atom stereocenters. The van der Waals surface area contributed by atoms with Crippen molar-refractivity contribution in [2.75, 3.05) is 25.2 Å². The number of carbonyl (C=O) groups is 3. The molecule has 4 atom stereocenters. The van der Waals surface area contributed by atoms with Crippen LogP contribution in [-0.2, 0) is 55.2 Å². The number of ether oxygens (including phenoxy) is 3. The van der Waals surface area contributed by atoms with Gasteiger partial charge in [-0.15, -0.1) is 0 Å². The smallest absolute Gasteiger partial charge is 0.357 e. The van der Waals surface area contributed by atoms with Gasteiger partial charge in [-0.1, -0.05) is 68.2 Å². The monoisotopic (exact) mass is 735 g/mol. The van der Waals surface area contributed by atoms with Crippen LogP contribution in [0.15, 0.2) is 98.4 Å². The van der Waals surface area contributed by atoms with Crippen molar-refractivity contribution in [3.8, 4) is 0 Å². The number of nitrogens with zero attached hydrogens (tertiary/aromatic N) is 3. The van der Waals surface area contributed by atoms with Gasteiger partial charge in [0.15, 0.2) is 32.9 Å². The number of amidine groups is 1. The van der Waals surface area contributed by atoms with E-state index in [4.69, 9.17) is 19.2 Å². The zero-order chi connectivity index (χ0) is 34.4. The summed E-state index contributed by atoms with van der Waals surface area (Å²) in [6.45, 7) is 5.33. The fraction of sp³-hybridized carbons (Fsp3) is 0.314. The van der Waals surface area contributed by atoms with Crippen LogP contribution in [0.25, 0.3) is 0 Å². The maximum absolute atomic E-state index is 14.6. The van der Waals surface area contributed by atoms with Gasteiger partial charge >= 0.3 is 17.9 Å². The second-order valence-corrected chi connectivity index (χ2v) is 14.4. The zero-order valence-corrected chi connectivity index (χ0v) is 29.2. The standard InChI is InChI=1S/C35H34BrN3O8S/c1-5-46-32(41)28-29(33(42)47-6-2)37-34-35(19-27(31(40)45-4)39(34)48(43,44)24-17-11-21(3)12-18-24)25-9-7-8-10-26(25)38(30(28)35)20-22-13-15-23(36)16-14-22/h7-18,27,30H,5-6,19-20H2,1-4H3/t27-,30?,35-/m0/s1. The number of sulfonamides is 1. The molecule has 0 aliphatic carbocycles. The number of hydrogen-bond acceptors (Lipinski definition) is 10. The number of carbonyl (C=O) groups excluding carboxylic acids is 3. The summed E-state index contributed by atoms with van der Waals surface area (Å²) in [6, 6.07) is 18.8. The van der Waals surface area contributed by atoms with Crippen LogP contribution < -0.4 is 4.90 Å². The van der Waals surface area contributed by atoms with Gasteiger partial charge < -0.3 is 23.7 Å². The molecular weight excluding hydrogens is 702 g/mol. The Morgan fingerprint density at radius 1 is 0.979 bits per heavy atom. The van der Waals surface area contributed by atoms with Crippen LogP contribution in [0, 0.1) is 6.92 Å². The van der Waals surface area contributed by atoms with E-state index in [0.717, 1.165) is 19.9 Å². The fourth-order valence-corrected chi connectivity index (χ4v) is 8.84. The summed E-state index contributed by atoms with van der Waals surface area (Å²) < 4.78 is 47.3. The van der Waals surface area contributed by atoms with Crippen LogP contribution in [0.3, 0.4) is 0 Å². The molecule has 13 heteroatoms. The predicted octanol–water partition coefficient (Wildman–Crippen LogP) is 5.03. The number of aliphatic imine (C=N–C) groups is 1. The van der Waals surface area contributed by atoms with E-state index in [0.29, 0.717) is 11.3 Å². The highest BCUT2D eigenvalue weighted by Gasteiger charge is 2.70. The van der Waals surface area contributed by atoms with Gasteiger partial charge in [0.1, 0.15) is 0 Å². The topological polar surface area (TPSA) is 138 Å². The number of aryl methyl sites for hydroxylation is 1. The van der Waals surface area contributed by atoms with Crippen LogP contribution in [0.5, 0.6) is 0 Å². The van der Waals surface area contributed by atoms with Crippen molar-refractivity contribution in [2.24, 2.45) is 4.99 Å². The summed E-state index contributed by atoms with van der Waals surface area (Å²) in [5.74, 6) is -2.60. The third kappa shape index (κ3) is 5.33. The zero-order valence-electron chi connectivity index (χ0n) is 26.8. The molecule has 0 amide bonds. The molecule has 1 saturated heterocycles. The maximum atomic E-state index is 14.6. The van der Waals surface area contributed by atoms with Crippen molar-refractivity contribution >= 4 is 55.8 Å². The number of para-hydroxylation sites is 1. The number of halogens is 1. The lowest BCUT2D eigenvalue weighted by molar-refractivity contribution is -0.144. The van der Waals surface area contributed by atoms with E-state index < -0.39 is 45.8 Å². The lowest BCUT2D eigenvalue weighted by atomic mass is 9.69. The number of rotatable bonds is 9. The highest BCUT2D eigenvalue weighted by molar-refractivity contribution is 9.10. The molecule has 250 valence electrons. The summed E-state index contributed by atoms with van der Waals surface area (Å²) >= 11 is 3.48. The number of anilines is 1. The van der Waals surface area contributed by atoms with Gasteiger partial charge in [-0.2, -0.15) is 4.31 Å². The molecule has 1 fully saturated rings. The first-order chi connectivity index (χ1) is 23.0. The van der Waals surface area contributed by atoms with Crippen molar-refractivity contribution in [3.05, 3.63) is 105 Å². The molecule has 11 nitrogen and oxygen atoms in total. The quantitative estimate of drug-likeness (QED) is 0.168. The van der Waals surface area contributed by atoms with Gasteiger partial charge in [0, 0.05) is 23.1 Å². The Hall–Kier alpha value is -4.33. The summed E-state index contributed by atoms with van der Waals surface area (Å²) in [7, 11) is -3.29. The SMILES string of the molecule is CCOC(=O)C1=C(C(=O)OCC)C2N(Cc3ccc(Br)cc3)c3ccccc3[C@@]23C[C@@H](C(=O)OC)N([S+](=O)([O-])c2ccc(C)cc2)C3=N1. The van der Waals surface area contributed by atoms with Crippen LogP contribution in [0.2, 0.25) is 0 Å². The third-order valence-electron chi connectivity index (χ3n) is 8.91. The Labute approximate surface area is 288 Å². The first-order valence-corrected chi connectivity index (χ1v) is 17.7. The Morgan fingerprint density at radius 2 is 1.62 bits per heavy atom. The Bertz CT molecular complexity index is 1890. The van der Waals surface area contributed by atoms with Gasteiger partial charge in [-0.25, -0.2) is 19.4 Å². The van der Waals surface area contributed by atoms with E-state index in [-0.39, 0.29) is 48.2 Å². The summed E-state index contributed by atoms with van der Waals surface area (Å²) in [5, 5.41) is 0. The molecule has 3 aromatic carbocycles. The van der Waals surface area contributed by atoms with Gasteiger partial charge in [0.2, 0.25) is 0 Å². The van der Waals surface area contributed by atoms with Crippen molar-refractivity contribution < 1.29 is 37.4 Å². The van der Waals surface area contributed by atoms with E-state index in [1.807, 2.05) is 60.4 Å². The van der Waals surface area contributed by atoms with Crippen LogP contribution in [0.1, 0.15) is 37.0 Å². The molecular formula is C35H34BrN3O8S. The minimum absolute atomic E-state index is 0.00705. The van der Waals surface area contributed by atoms with E-state index in [1.165, 1.54) is 19.2 Å². The minimum atomic E-state index is -4.48. The van der Waals surface area contributed by atoms with E-state index in [2.05, 4.69) is 15.9 Å². The normalized spacial score (nSPS) is 22.2. The number of esters is 3. The van der Waals surface area contributed by atoms with Crippen LogP contribution >= 0.6 is 15.9 Å². The number of methoxy groups -OCH3 is 1. The highest BCUT2D eigenvalue weighted by atomic mass is 79.9. The molecule has 6 rings (SSSR count). The molecule has 0 bridgehead atoms.